The van der Waals surface area contributed by atoms with Crippen LogP contribution in [0.2, 0.25) is 0 Å². The summed E-state index contributed by atoms with van der Waals surface area (Å²) >= 11 is 0. The zero-order valence-corrected chi connectivity index (χ0v) is 9.47. The minimum Gasteiger partial charge on any atom is -0.382 e. The summed E-state index contributed by atoms with van der Waals surface area (Å²) in [6, 6.07) is 0. The summed E-state index contributed by atoms with van der Waals surface area (Å²) in [5, 5.41) is 6.16. The molecule has 1 unspecified atom stereocenters. The van der Waals surface area contributed by atoms with Gasteiger partial charge in [-0.1, -0.05) is 6.42 Å². The van der Waals surface area contributed by atoms with E-state index >= 15 is 0 Å². The summed E-state index contributed by atoms with van der Waals surface area (Å²) in [5.74, 6) is 0.668. The van der Waals surface area contributed by atoms with Crippen LogP contribution >= 0.6 is 0 Å². The van der Waals surface area contributed by atoms with Crippen molar-refractivity contribution in [2.75, 3.05) is 11.5 Å². The van der Waals surface area contributed by atoms with Crippen LogP contribution in [-0.2, 0) is 9.84 Å². The minimum atomic E-state index is -3.01. The van der Waals surface area contributed by atoms with Gasteiger partial charge in [0.05, 0.1) is 11.4 Å². The molecule has 1 aliphatic rings. The maximum absolute atomic E-state index is 11.9. The Balaban J connectivity index is 2.42. The maximum atomic E-state index is 11.9. The van der Waals surface area contributed by atoms with Crippen LogP contribution in [0.25, 0.3) is 0 Å². The largest absolute Gasteiger partial charge is 0.382 e. The number of nitrogen functional groups attached to an aromatic ring is 1. The van der Waals surface area contributed by atoms with Gasteiger partial charge in [-0.15, -0.1) is 0 Å². The van der Waals surface area contributed by atoms with Crippen LogP contribution < -0.4 is 5.73 Å². The van der Waals surface area contributed by atoms with Gasteiger partial charge >= 0.3 is 0 Å². The predicted molar refractivity (Wildman–Crippen MR) is 58.1 cm³/mol. The molecule has 5 nitrogen and oxygen atoms in total. The van der Waals surface area contributed by atoms with E-state index in [9.17, 15) is 8.42 Å². The van der Waals surface area contributed by atoms with Crippen molar-refractivity contribution in [1.82, 2.24) is 10.2 Å². The third-order valence-electron chi connectivity index (χ3n) is 2.99. The van der Waals surface area contributed by atoms with Gasteiger partial charge in [0.15, 0.2) is 9.84 Å². The maximum Gasteiger partial charge on any atom is 0.158 e. The lowest BCUT2D eigenvalue weighted by Gasteiger charge is -2.21. The van der Waals surface area contributed by atoms with Crippen molar-refractivity contribution in [3.63, 3.8) is 0 Å². The van der Waals surface area contributed by atoms with Gasteiger partial charge in [-0.05, 0) is 19.8 Å². The number of nitrogens with zero attached hydrogens (tertiary/aromatic N) is 1. The minimum absolute atomic E-state index is 0.274. The quantitative estimate of drug-likeness (QED) is 0.750. The fourth-order valence-corrected chi connectivity index (χ4v) is 4.02. The van der Waals surface area contributed by atoms with Gasteiger partial charge < -0.3 is 5.73 Å². The van der Waals surface area contributed by atoms with Crippen molar-refractivity contribution in [3.05, 3.63) is 11.3 Å². The highest BCUT2D eigenvalue weighted by molar-refractivity contribution is 7.91. The molecule has 6 heteroatoms. The molecule has 0 saturated carbocycles. The molecule has 1 aromatic rings. The van der Waals surface area contributed by atoms with Crippen LogP contribution in [0.15, 0.2) is 0 Å². The van der Waals surface area contributed by atoms with E-state index in [1.165, 1.54) is 0 Å². The van der Waals surface area contributed by atoms with E-state index in [1.807, 2.05) is 0 Å². The Labute approximate surface area is 89.0 Å². The van der Waals surface area contributed by atoms with E-state index in [4.69, 9.17) is 5.73 Å². The zero-order chi connectivity index (χ0) is 11.1. The lowest BCUT2D eigenvalue weighted by molar-refractivity contribution is 0.541. The molecule has 3 N–H and O–H groups in total. The molecule has 0 aromatic carbocycles. The Morgan fingerprint density at radius 1 is 1.47 bits per heavy atom. The van der Waals surface area contributed by atoms with Crippen molar-refractivity contribution < 1.29 is 8.42 Å². The normalized spacial score (nSPS) is 25.3. The number of hydrogen-bond donors (Lipinski definition) is 2. The predicted octanol–water partition coefficient (Wildman–Crippen LogP) is 0.940. The summed E-state index contributed by atoms with van der Waals surface area (Å²) in [6.45, 7) is 1.80. The fourth-order valence-electron chi connectivity index (χ4n) is 2.02. The Morgan fingerprint density at radius 3 is 2.73 bits per heavy atom. The molecular formula is C9H15N3O2S. The highest BCUT2D eigenvalue weighted by atomic mass is 32.2. The van der Waals surface area contributed by atoms with E-state index in [0.29, 0.717) is 17.9 Å². The van der Waals surface area contributed by atoms with Gasteiger partial charge in [-0.2, -0.15) is 5.10 Å². The second-order valence-corrected chi connectivity index (χ2v) is 6.30. The first kappa shape index (κ1) is 10.5. The second-order valence-electron chi connectivity index (χ2n) is 4.00. The Morgan fingerprint density at radius 2 is 2.20 bits per heavy atom. The molecule has 0 radical (unpaired) electrons. The first-order valence-corrected chi connectivity index (χ1v) is 6.76. The first-order chi connectivity index (χ1) is 7.02. The van der Waals surface area contributed by atoms with Gasteiger partial charge in [0.1, 0.15) is 11.1 Å². The number of aromatic amines is 1. The lowest BCUT2D eigenvalue weighted by atomic mass is 10.1. The summed E-state index contributed by atoms with van der Waals surface area (Å²) < 4.78 is 23.7. The van der Waals surface area contributed by atoms with Crippen LogP contribution in [0.5, 0.6) is 0 Å². The SMILES string of the molecule is Cc1c(N)n[nH]c1C1CCCCS1(=O)=O. The molecule has 1 fully saturated rings. The lowest BCUT2D eigenvalue weighted by Crippen LogP contribution is -2.22. The van der Waals surface area contributed by atoms with Crippen LogP contribution in [0, 0.1) is 6.92 Å². The summed E-state index contributed by atoms with van der Waals surface area (Å²) in [6.07, 6.45) is 2.38. The van der Waals surface area contributed by atoms with E-state index in [-0.39, 0.29) is 5.75 Å². The van der Waals surface area contributed by atoms with E-state index in [1.54, 1.807) is 6.92 Å². The van der Waals surface area contributed by atoms with E-state index in [2.05, 4.69) is 10.2 Å². The van der Waals surface area contributed by atoms with Gasteiger partial charge in [-0.25, -0.2) is 8.42 Å². The molecular weight excluding hydrogens is 214 g/mol. The molecule has 2 rings (SSSR count). The Hall–Kier alpha value is -1.04. The topological polar surface area (TPSA) is 88.8 Å². The van der Waals surface area contributed by atoms with Gasteiger partial charge in [0.2, 0.25) is 0 Å². The number of aromatic nitrogens is 2. The van der Waals surface area contributed by atoms with Crippen LogP contribution in [0.3, 0.4) is 0 Å². The number of sulfone groups is 1. The third-order valence-corrected chi connectivity index (χ3v) is 5.18. The van der Waals surface area contributed by atoms with E-state index in [0.717, 1.165) is 18.4 Å². The molecule has 84 valence electrons. The fraction of sp³-hybridized carbons (Fsp3) is 0.667. The van der Waals surface area contributed by atoms with Gasteiger partial charge in [0, 0.05) is 5.56 Å². The van der Waals surface area contributed by atoms with Crippen molar-refractivity contribution in [2.45, 2.75) is 31.4 Å². The molecule has 15 heavy (non-hydrogen) atoms. The van der Waals surface area contributed by atoms with Crippen molar-refractivity contribution in [3.8, 4) is 0 Å². The summed E-state index contributed by atoms with van der Waals surface area (Å²) in [5.41, 5.74) is 7.04. The standard InChI is InChI=1S/C9H15N3O2S/c1-6-8(11-12-9(6)10)7-4-2-3-5-15(7,13)14/h7H,2-5H2,1H3,(H3,10,11,12). The molecule has 1 aliphatic heterocycles. The Bertz CT molecular complexity index is 464. The molecule has 1 aromatic heterocycles. The monoisotopic (exact) mass is 229 g/mol. The smallest absolute Gasteiger partial charge is 0.158 e. The number of hydrogen-bond acceptors (Lipinski definition) is 4. The summed E-state index contributed by atoms with van der Waals surface area (Å²) in [7, 11) is -3.01. The molecule has 1 atom stereocenters. The van der Waals surface area contributed by atoms with Gasteiger partial charge in [-0.3, -0.25) is 5.10 Å². The molecule has 0 spiro atoms. The van der Waals surface area contributed by atoms with E-state index < -0.39 is 15.1 Å². The van der Waals surface area contributed by atoms with Crippen molar-refractivity contribution >= 4 is 15.7 Å². The van der Waals surface area contributed by atoms with Gasteiger partial charge in [0.25, 0.3) is 0 Å². The van der Waals surface area contributed by atoms with Crippen LogP contribution in [-0.4, -0.2) is 24.4 Å². The average molecular weight is 229 g/mol. The molecule has 0 amide bonds. The third kappa shape index (κ3) is 1.73. The first-order valence-electron chi connectivity index (χ1n) is 5.04. The number of H-pyrrole nitrogens is 1. The number of anilines is 1. The van der Waals surface area contributed by atoms with Crippen molar-refractivity contribution in [1.29, 1.82) is 0 Å². The molecule has 1 saturated heterocycles. The zero-order valence-electron chi connectivity index (χ0n) is 8.66. The second kappa shape index (κ2) is 3.52. The number of rotatable bonds is 1. The number of nitrogens with one attached hydrogen (secondary N) is 1. The van der Waals surface area contributed by atoms with Crippen LogP contribution in [0.4, 0.5) is 5.82 Å². The molecule has 0 bridgehead atoms. The highest BCUT2D eigenvalue weighted by Crippen LogP contribution is 2.34. The van der Waals surface area contributed by atoms with Crippen molar-refractivity contribution in [2.24, 2.45) is 0 Å². The summed E-state index contributed by atoms with van der Waals surface area (Å²) in [4.78, 5) is 0. The average Bonchev–Trinajstić information content (AvgIpc) is 2.48. The van der Waals surface area contributed by atoms with Crippen LogP contribution in [0.1, 0.15) is 35.8 Å². The Kier molecular flexibility index (Phi) is 2.46. The molecule has 2 heterocycles. The highest BCUT2D eigenvalue weighted by Gasteiger charge is 2.32. The molecule has 0 aliphatic carbocycles. The number of nitrogens with two attached hydrogens (primary N) is 1.